The first kappa shape index (κ1) is 23.2. The number of alkyl halides is 2. The van der Waals surface area contributed by atoms with Gasteiger partial charge in [0.15, 0.2) is 0 Å². The summed E-state index contributed by atoms with van der Waals surface area (Å²) in [6.45, 7) is -0.938. The van der Waals surface area contributed by atoms with Gasteiger partial charge >= 0.3 is 6.61 Å². The van der Waals surface area contributed by atoms with E-state index in [9.17, 15) is 22.0 Å². The summed E-state index contributed by atoms with van der Waals surface area (Å²) in [6.07, 6.45) is 0. The number of carbonyl (C=O) groups is 1. The maximum Gasteiger partial charge on any atom is 0.387 e. The number of nitrogens with one attached hydrogen (secondary N) is 1. The highest BCUT2D eigenvalue weighted by Crippen LogP contribution is 2.23. The van der Waals surface area contributed by atoms with Gasteiger partial charge in [0.1, 0.15) is 5.75 Å². The molecule has 168 valence electrons. The van der Waals surface area contributed by atoms with E-state index in [1.54, 1.807) is 36.4 Å². The standard InChI is InChI=1S/C23H22F2N2O4S/c1-16-6-12-21(13-7-16)32(29,30)27(2)19-10-8-18(9-11-19)22(28)26-15-17-4-3-5-20(14-17)31-23(24)25/h3-14,23H,15H2,1-2H3,(H,26,28). The third-order valence-electron chi connectivity index (χ3n) is 4.75. The first-order valence-electron chi connectivity index (χ1n) is 9.64. The smallest absolute Gasteiger partial charge is 0.387 e. The fourth-order valence-electron chi connectivity index (χ4n) is 2.95. The summed E-state index contributed by atoms with van der Waals surface area (Å²) in [5.74, 6) is -0.380. The Labute approximate surface area is 185 Å². The van der Waals surface area contributed by atoms with Gasteiger partial charge in [-0.05, 0) is 61.0 Å². The van der Waals surface area contributed by atoms with Crippen LogP contribution in [0.1, 0.15) is 21.5 Å². The Morgan fingerprint density at radius 3 is 2.31 bits per heavy atom. The average Bonchev–Trinajstić information content (AvgIpc) is 2.77. The Morgan fingerprint density at radius 2 is 1.69 bits per heavy atom. The zero-order valence-electron chi connectivity index (χ0n) is 17.5. The largest absolute Gasteiger partial charge is 0.435 e. The van der Waals surface area contributed by atoms with Crippen LogP contribution in [0, 0.1) is 6.92 Å². The van der Waals surface area contributed by atoms with Crippen LogP contribution < -0.4 is 14.4 Å². The van der Waals surface area contributed by atoms with Crippen LogP contribution >= 0.6 is 0 Å². The molecule has 1 N–H and O–H groups in total. The quantitative estimate of drug-likeness (QED) is 0.542. The molecule has 3 rings (SSSR count). The van der Waals surface area contributed by atoms with E-state index in [0.717, 1.165) is 9.87 Å². The van der Waals surface area contributed by atoms with Crippen molar-refractivity contribution in [2.45, 2.75) is 25.0 Å². The van der Waals surface area contributed by atoms with Gasteiger partial charge in [0.05, 0.1) is 10.6 Å². The predicted molar refractivity (Wildman–Crippen MR) is 117 cm³/mol. The second kappa shape index (κ2) is 9.78. The number of amides is 1. The normalized spacial score (nSPS) is 11.3. The first-order chi connectivity index (χ1) is 15.2. The fourth-order valence-corrected chi connectivity index (χ4v) is 4.14. The summed E-state index contributed by atoms with van der Waals surface area (Å²) in [4.78, 5) is 12.6. The number of carbonyl (C=O) groups excluding carboxylic acids is 1. The molecule has 0 aliphatic heterocycles. The number of ether oxygens (including phenoxy) is 1. The second-order valence-corrected chi connectivity index (χ2v) is 9.01. The molecule has 1 amide bonds. The van der Waals surface area contributed by atoms with Crippen LogP contribution in [0.4, 0.5) is 14.5 Å². The minimum absolute atomic E-state index is 0.00826. The average molecular weight is 461 g/mol. The summed E-state index contributed by atoms with van der Waals surface area (Å²) in [6, 6.07) is 18.7. The number of hydrogen-bond acceptors (Lipinski definition) is 4. The fraction of sp³-hybridized carbons (Fsp3) is 0.174. The highest BCUT2D eigenvalue weighted by Gasteiger charge is 2.21. The monoisotopic (exact) mass is 460 g/mol. The molecule has 0 radical (unpaired) electrons. The molecule has 0 aromatic heterocycles. The van der Waals surface area contributed by atoms with Crippen LogP contribution in [0.2, 0.25) is 0 Å². The molecule has 6 nitrogen and oxygen atoms in total. The van der Waals surface area contributed by atoms with E-state index in [-0.39, 0.29) is 23.1 Å². The van der Waals surface area contributed by atoms with E-state index in [4.69, 9.17) is 0 Å². The summed E-state index contributed by atoms with van der Waals surface area (Å²) >= 11 is 0. The lowest BCUT2D eigenvalue weighted by Gasteiger charge is -2.20. The van der Waals surface area contributed by atoms with Crippen LogP contribution in [0.5, 0.6) is 5.75 Å². The molecule has 9 heteroatoms. The molecule has 0 spiro atoms. The number of halogens is 2. The first-order valence-corrected chi connectivity index (χ1v) is 11.1. The topological polar surface area (TPSA) is 75.7 Å². The Morgan fingerprint density at radius 1 is 1.03 bits per heavy atom. The lowest BCUT2D eigenvalue weighted by molar-refractivity contribution is -0.0498. The zero-order valence-corrected chi connectivity index (χ0v) is 18.3. The number of rotatable bonds is 8. The molecule has 0 bridgehead atoms. The SMILES string of the molecule is Cc1ccc(S(=O)(=O)N(C)c2ccc(C(=O)NCc3cccc(OC(F)F)c3)cc2)cc1. The maximum absolute atomic E-state index is 12.8. The van der Waals surface area contributed by atoms with Crippen molar-refractivity contribution < 1.29 is 26.7 Å². The number of aryl methyl sites for hydroxylation is 1. The summed E-state index contributed by atoms with van der Waals surface area (Å²) in [5, 5.41) is 2.69. The molecule has 3 aromatic carbocycles. The minimum Gasteiger partial charge on any atom is -0.435 e. The van der Waals surface area contributed by atoms with Crippen molar-refractivity contribution >= 4 is 21.6 Å². The molecule has 32 heavy (non-hydrogen) atoms. The lowest BCUT2D eigenvalue weighted by atomic mass is 10.1. The number of hydrogen-bond donors (Lipinski definition) is 1. The Bertz CT molecular complexity index is 1180. The van der Waals surface area contributed by atoms with Crippen molar-refractivity contribution in [3.05, 3.63) is 89.5 Å². The van der Waals surface area contributed by atoms with Crippen molar-refractivity contribution in [2.24, 2.45) is 0 Å². The molecule has 3 aromatic rings. The van der Waals surface area contributed by atoms with Gasteiger partial charge in [-0.15, -0.1) is 0 Å². The zero-order chi connectivity index (χ0) is 23.3. The van der Waals surface area contributed by atoms with Crippen LogP contribution in [-0.4, -0.2) is 28.0 Å². The van der Waals surface area contributed by atoms with Crippen LogP contribution in [-0.2, 0) is 16.6 Å². The van der Waals surface area contributed by atoms with Crippen LogP contribution in [0.15, 0.2) is 77.7 Å². The van der Waals surface area contributed by atoms with Gasteiger partial charge in [-0.2, -0.15) is 8.78 Å². The van der Waals surface area contributed by atoms with Gasteiger partial charge in [-0.3, -0.25) is 9.10 Å². The van der Waals surface area contributed by atoms with E-state index >= 15 is 0 Å². The van der Waals surface area contributed by atoms with E-state index in [1.165, 1.54) is 43.4 Å². The van der Waals surface area contributed by atoms with E-state index in [1.807, 2.05) is 6.92 Å². The third kappa shape index (κ3) is 5.61. The van der Waals surface area contributed by atoms with Gasteiger partial charge in [-0.25, -0.2) is 8.42 Å². The molecule has 0 aliphatic rings. The Kier molecular flexibility index (Phi) is 7.09. The number of benzene rings is 3. The molecule has 0 aliphatic carbocycles. The van der Waals surface area contributed by atoms with E-state index in [0.29, 0.717) is 16.8 Å². The number of nitrogens with zero attached hydrogens (tertiary/aromatic N) is 1. The maximum atomic E-state index is 12.8. The molecule has 0 atom stereocenters. The number of sulfonamides is 1. The van der Waals surface area contributed by atoms with E-state index < -0.39 is 16.6 Å². The molecule has 0 saturated heterocycles. The molecular formula is C23H22F2N2O4S. The second-order valence-electron chi connectivity index (χ2n) is 7.04. The molecular weight excluding hydrogens is 438 g/mol. The molecule has 0 fully saturated rings. The van der Waals surface area contributed by atoms with Crippen molar-refractivity contribution in [3.63, 3.8) is 0 Å². The highest BCUT2D eigenvalue weighted by atomic mass is 32.2. The lowest BCUT2D eigenvalue weighted by Crippen LogP contribution is -2.27. The summed E-state index contributed by atoms with van der Waals surface area (Å²) < 4.78 is 55.8. The van der Waals surface area contributed by atoms with Gasteiger partial charge < -0.3 is 10.1 Å². The number of anilines is 1. The summed E-state index contributed by atoms with van der Waals surface area (Å²) in [5.41, 5.74) is 2.28. The molecule has 0 unspecified atom stereocenters. The van der Waals surface area contributed by atoms with E-state index in [2.05, 4.69) is 10.1 Å². The van der Waals surface area contributed by atoms with Crippen molar-refractivity contribution in [1.82, 2.24) is 5.32 Å². The van der Waals surface area contributed by atoms with Gasteiger partial charge in [-0.1, -0.05) is 29.8 Å². The minimum atomic E-state index is -3.73. The Balaban J connectivity index is 1.66. The van der Waals surface area contributed by atoms with Gasteiger partial charge in [0.2, 0.25) is 0 Å². The predicted octanol–water partition coefficient (Wildman–Crippen LogP) is 4.35. The highest BCUT2D eigenvalue weighted by molar-refractivity contribution is 7.92. The Hall–Kier alpha value is -3.46. The third-order valence-corrected chi connectivity index (χ3v) is 6.55. The van der Waals surface area contributed by atoms with Crippen LogP contribution in [0.3, 0.4) is 0 Å². The van der Waals surface area contributed by atoms with Gasteiger partial charge in [0.25, 0.3) is 15.9 Å². The van der Waals surface area contributed by atoms with Gasteiger partial charge in [0, 0.05) is 19.2 Å². The van der Waals surface area contributed by atoms with Crippen molar-refractivity contribution in [2.75, 3.05) is 11.4 Å². The molecule has 0 saturated carbocycles. The molecule has 0 heterocycles. The summed E-state index contributed by atoms with van der Waals surface area (Å²) in [7, 11) is -2.29. The van der Waals surface area contributed by atoms with Crippen LogP contribution in [0.25, 0.3) is 0 Å². The van der Waals surface area contributed by atoms with Crippen molar-refractivity contribution in [1.29, 1.82) is 0 Å². The van der Waals surface area contributed by atoms with Crippen molar-refractivity contribution in [3.8, 4) is 5.75 Å².